The molecule has 0 spiro atoms. The molecular formula is C19H22N4O2. The molecule has 0 unspecified atom stereocenters. The summed E-state index contributed by atoms with van der Waals surface area (Å²) >= 11 is 0. The van der Waals surface area contributed by atoms with E-state index in [1.54, 1.807) is 13.4 Å². The molecule has 1 aliphatic heterocycles. The van der Waals surface area contributed by atoms with Gasteiger partial charge in [-0.15, -0.1) is 0 Å². The molecule has 6 heteroatoms. The summed E-state index contributed by atoms with van der Waals surface area (Å²) in [6, 6.07) is 6.36. The van der Waals surface area contributed by atoms with Crippen LogP contribution in [0.25, 0.3) is 22.3 Å². The summed E-state index contributed by atoms with van der Waals surface area (Å²) in [5.41, 5.74) is 5.94. The van der Waals surface area contributed by atoms with Crippen LogP contribution in [0.4, 0.5) is 5.69 Å². The van der Waals surface area contributed by atoms with Crippen molar-refractivity contribution in [1.82, 2.24) is 15.0 Å². The Balaban J connectivity index is 1.87. The van der Waals surface area contributed by atoms with Gasteiger partial charge in [0.25, 0.3) is 0 Å². The molecule has 6 nitrogen and oxygen atoms in total. The number of aromatic nitrogens is 3. The number of methoxy groups -OCH3 is 1. The van der Waals surface area contributed by atoms with Crippen LogP contribution in [0.2, 0.25) is 0 Å². The zero-order chi connectivity index (χ0) is 17.4. The number of fused-ring (bicyclic) bond motifs is 1. The highest BCUT2D eigenvalue weighted by Crippen LogP contribution is 2.34. The minimum absolute atomic E-state index is 0.759. The van der Waals surface area contributed by atoms with Gasteiger partial charge in [-0.2, -0.15) is 0 Å². The standard InChI is InChI=1S/C19H22N4O2/c1-12-8-16(18-13(2)20-11-21-18)22-19-15(12)9-14(10-17(19)24-3)23-4-6-25-7-5-23/h8-11H,4-7H2,1-3H3,(H,20,21). The number of nitrogens with zero attached hydrogens (tertiary/aromatic N) is 3. The monoisotopic (exact) mass is 338 g/mol. The molecule has 0 saturated carbocycles. The molecular weight excluding hydrogens is 316 g/mol. The molecule has 25 heavy (non-hydrogen) atoms. The van der Waals surface area contributed by atoms with E-state index in [1.165, 1.54) is 0 Å². The van der Waals surface area contributed by atoms with Gasteiger partial charge in [-0.25, -0.2) is 9.97 Å². The minimum Gasteiger partial charge on any atom is -0.494 e. The van der Waals surface area contributed by atoms with E-state index in [2.05, 4.69) is 40.0 Å². The van der Waals surface area contributed by atoms with Crippen molar-refractivity contribution < 1.29 is 9.47 Å². The molecule has 0 bridgehead atoms. The van der Waals surface area contributed by atoms with E-state index in [0.717, 1.165) is 71.3 Å². The van der Waals surface area contributed by atoms with E-state index in [4.69, 9.17) is 14.5 Å². The highest BCUT2D eigenvalue weighted by atomic mass is 16.5. The summed E-state index contributed by atoms with van der Waals surface area (Å²) in [6.45, 7) is 7.42. The number of rotatable bonds is 3. The molecule has 0 aliphatic carbocycles. The number of hydrogen-bond donors (Lipinski definition) is 1. The van der Waals surface area contributed by atoms with Gasteiger partial charge in [0.15, 0.2) is 0 Å². The number of morpholine rings is 1. The van der Waals surface area contributed by atoms with E-state index < -0.39 is 0 Å². The van der Waals surface area contributed by atoms with E-state index in [-0.39, 0.29) is 0 Å². The van der Waals surface area contributed by atoms with Gasteiger partial charge in [-0.05, 0) is 31.5 Å². The first kappa shape index (κ1) is 15.9. The minimum atomic E-state index is 0.759. The van der Waals surface area contributed by atoms with Gasteiger partial charge in [-0.1, -0.05) is 0 Å². The summed E-state index contributed by atoms with van der Waals surface area (Å²) in [4.78, 5) is 14.7. The summed E-state index contributed by atoms with van der Waals surface area (Å²) in [5, 5.41) is 1.11. The van der Waals surface area contributed by atoms with Crippen molar-refractivity contribution in [2.45, 2.75) is 13.8 Å². The van der Waals surface area contributed by atoms with Crippen molar-refractivity contribution in [1.29, 1.82) is 0 Å². The van der Waals surface area contributed by atoms with Crippen LogP contribution >= 0.6 is 0 Å². The second-order valence-electron chi connectivity index (χ2n) is 6.34. The number of aryl methyl sites for hydroxylation is 2. The van der Waals surface area contributed by atoms with Crippen molar-refractivity contribution in [3.05, 3.63) is 35.8 Å². The SMILES string of the molecule is COc1cc(N2CCOCC2)cc2c(C)cc(-c3nc[nH]c3C)nc12. The average molecular weight is 338 g/mol. The second kappa shape index (κ2) is 6.37. The molecule has 4 rings (SSSR count). The molecule has 0 amide bonds. The van der Waals surface area contributed by atoms with Crippen LogP contribution in [0.15, 0.2) is 24.5 Å². The molecule has 1 N–H and O–H groups in total. The molecule has 130 valence electrons. The highest BCUT2D eigenvalue weighted by molar-refractivity contribution is 5.92. The molecule has 2 aromatic heterocycles. The fourth-order valence-electron chi connectivity index (χ4n) is 3.34. The van der Waals surface area contributed by atoms with Gasteiger partial charge in [0.05, 0.1) is 32.3 Å². The molecule has 3 aromatic rings. The lowest BCUT2D eigenvalue weighted by Gasteiger charge is -2.29. The quantitative estimate of drug-likeness (QED) is 0.795. The number of imidazole rings is 1. The number of nitrogens with one attached hydrogen (secondary N) is 1. The Morgan fingerprint density at radius 3 is 2.64 bits per heavy atom. The lowest BCUT2D eigenvalue weighted by molar-refractivity contribution is 0.122. The number of pyridine rings is 1. The highest BCUT2D eigenvalue weighted by Gasteiger charge is 2.17. The fraction of sp³-hybridized carbons (Fsp3) is 0.368. The van der Waals surface area contributed by atoms with Gasteiger partial charge >= 0.3 is 0 Å². The normalized spacial score (nSPS) is 14.9. The fourth-order valence-corrected chi connectivity index (χ4v) is 3.34. The zero-order valence-electron chi connectivity index (χ0n) is 14.8. The summed E-state index contributed by atoms with van der Waals surface area (Å²) in [7, 11) is 1.70. The Morgan fingerprint density at radius 1 is 1.16 bits per heavy atom. The molecule has 3 heterocycles. The topological polar surface area (TPSA) is 63.3 Å². The number of ether oxygens (including phenoxy) is 2. The van der Waals surface area contributed by atoms with Crippen molar-refractivity contribution >= 4 is 16.6 Å². The molecule has 1 aliphatic rings. The second-order valence-corrected chi connectivity index (χ2v) is 6.34. The summed E-state index contributed by atoms with van der Waals surface area (Å²) in [6.07, 6.45) is 1.70. The Morgan fingerprint density at radius 2 is 1.96 bits per heavy atom. The predicted octanol–water partition coefficient (Wildman–Crippen LogP) is 3.09. The Hall–Kier alpha value is -2.60. The Kier molecular flexibility index (Phi) is 4.05. The van der Waals surface area contributed by atoms with Gasteiger partial charge < -0.3 is 19.4 Å². The van der Waals surface area contributed by atoms with Gasteiger partial charge in [0.1, 0.15) is 17.0 Å². The van der Waals surface area contributed by atoms with Crippen molar-refractivity contribution in [3.63, 3.8) is 0 Å². The van der Waals surface area contributed by atoms with Crippen LogP contribution in [-0.4, -0.2) is 48.4 Å². The van der Waals surface area contributed by atoms with E-state index in [0.29, 0.717) is 0 Å². The summed E-state index contributed by atoms with van der Waals surface area (Å²) < 4.78 is 11.1. The average Bonchev–Trinajstić information content (AvgIpc) is 3.07. The van der Waals surface area contributed by atoms with Crippen molar-refractivity contribution in [2.75, 3.05) is 38.3 Å². The smallest absolute Gasteiger partial charge is 0.147 e. The molecule has 0 radical (unpaired) electrons. The largest absolute Gasteiger partial charge is 0.494 e. The van der Waals surface area contributed by atoms with Crippen molar-refractivity contribution in [2.24, 2.45) is 0 Å². The third-order valence-electron chi connectivity index (χ3n) is 4.74. The third kappa shape index (κ3) is 2.82. The van der Waals surface area contributed by atoms with Gasteiger partial charge in [0, 0.05) is 35.9 Å². The maximum atomic E-state index is 5.67. The maximum absolute atomic E-state index is 5.67. The lowest BCUT2D eigenvalue weighted by Crippen LogP contribution is -2.36. The van der Waals surface area contributed by atoms with Gasteiger partial charge in [0.2, 0.25) is 0 Å². The maximum Gasteiger partial charge on any atom is 0.147 e. The first-order chi connectivity index (χ1) is 12.2. The van der Waals surface area contributed by atoms with E-state index >= 15 is 0 Å². The van der Waals surface area contributed by atoms with Crippen LogP contribution in [0, 0.1) is 13.8 Å². The zero-order valence-corrected chi connectivity index (χ0v) is 14.8. The molecule has 1 saturated heterocycles. The predicted molar refractivity (Wildman–Crippen MR) is 98.4 cm³/mol. The molecule has 1 fully saturated rings. The molecule has 1 aromatic carbocycles. The number of hydrogen-bond acceptors (Lipinski definition) is 5. The first-order valence-electron chi connectivity index (χ1n) is 8.50. The van der Waals surface area contributed by atoms with Crippen molar-refractivity contribution in [3.8, 4) is 17.1 Å². The van der Waals surface area contributed by atoms with Crippen LogP contribution < -0.4 is 9.64 Å². The Labute approximate surface area is 146 Å². The number of anilines is 1. The van der Waals surface area contributed by atoms with Crippen LogP contribution in [0.5, 0.6) is 5.75 Å². The number of benzene rings is 1. The van der Waals surface area contributed by atoms with E-state index in [9.17, 15) is 0 Å². The summed E-state index contributed by atoms with van der Waals surface area (Å²) in [5.74, 6) is 0.789. The van der Waals surface area contributed by atoms with Crippen LogP contribution in [0.1, 0.15) is 11.3 Å². The number of aromatic amines is 1. The van der Waals surface area contributed by atoms with Crippen LogP contribution in [0.3, 0.4) is 0 Å². The molecule has 0 atom stereocenters. The van der Waals surface area contributed by atoms with Gasteiger partial charge in [-0.3, -0.25) is 0 Å². The third-order valence-corrected chi connectivity index (χ3v) is 4.74. The lowest BCUT2D eigenvalue weighted by atomic mass is 10.1. The first-order valence-corrected chi connectivity index (χ1v) is 8.50. The van der Waals surface area contributed by atoms with Crippen LogP contribution in [-0.2, 0) is 4.74 Å². The number of H-pyrrole nitrogens is 1. The van der Waals surface area contributed by atoms with E-state index in [1.807, 2.05) is 6.92 Å². The Bertz CT molecular complexity index is 913.